The molecule has 0 unspecified atom stereocenters. The summed E-state index contributed by atoms with van der Waals surface area (Å²) in [6.07, 6.45) is -0.678. The predicted octanol–water partition coefficient (Wildman–Crippen LogP) is 5.72. The number of nitrogens with one attached hydrogen (secondary N) is 1. The van der Waals surface area contributed by atoms with Crippen molar-refractivity contribution in [3.8, 4) is 11.5 Å². The van der Waals surface area contributed by atoms with E-state index in [1.165, 1.54) is 12.1 Å². The van der Waals surface area contributed by atoms with Crippen LogP contribution < -0.4 is 10.1 Å². The number of carboxylic acids is 1. The third-order valence-electron chi connectivity index (χ3n) is 3.53. The molecule has 0 aliphatic heterocycles. The molecule has 0 spiro atoms. The van der Waals surface area contributed by atoms with E-state index in [0.29, 0.717) is 17.0 Å². The number of benzene rings is 2. The van der Waals surface area contributed by atoms with Crippen molar-refractivity contribution in [1.82, 2.24) is 0 Å². The van der Waals surface area contributed by atoms with Gasteiger partial charge in [-0.25, -0.2) is 0 Å². The summed E-state index contributed by atoms with van der Waals surface area (Å²) in [5.41, 5.74) is 1.28. The van der Waals surface area contributed by atoms with Crippen LogP contribution in [0.2, 0.25) is 10.0 Å². The average molecular weight is 411 g/mol. The molecule has 0 fully saturated rings. The van der Waals surface area contributed by atoms with Crippen LogP contribution in [0.3, 0.4) is 0 Å². The molecule has 27 heavy (non-hydrogen) atoms. The van der Waals surface area contributed by atoms with Crippen LogP contribution in [0.25, 0.3) is 0 Å². The maximum absolute atomic E-state index is 11.5. The van der Waals surface area contributed by atoms with E-state index in [2.05, 4.69) is 10.5 Å². The number of rotatable bonds is 7. The summed E-state index contributed by atoms with van der Waals surface area (Å²) in [4.78, 5) is 33.0. The largest absolute Gasteiger partial charge is 0.481 e. The van der Waals surface area contributed by atoms with Crippen molar-refractivity contribution in [2.75, 3.05) is 5.32 Å². The van der Waals surface area contributed by atoms with E-state index in [4.69, 9.17) is 33.0 Å². The molecule has 0 saturated heterocycles. The lowest BCUT2D eigenvalue weighted by Crippen LogP contribution is -2.15. The van der Waals surface area contributed by atoms with Crippen molar-refractivity contribution in [2.45, 2.75) is 26.2 Å². The summed E-state index contributed by atoms with van der Waals surface area (Å²) in [5.74, 6) is -1.33. The van der Waals surface area contributed by atoms with Crippen LogP contribution in [0.1, 0.15) is 31.7 Å². The van der Waals surface area contributed by atoms with Crippen molar-refractivity contribution in [3.63, 3.8) is 0 Å². The van der Waals surface area contributed by atoms with E-state index < -0.39 is 18.3 Å². The molecule has 9 heteroatoms. The SMILES string of the molecule is CC(C)c1cc(Oc2c(Cl)cc(NC(=O)CC(=O)O)cc2Cl)ccc1N=O. The Morgan fingerprint density at radius 2 is 1.81 bits per heavy atom. The van der Waals surface area contributed by atoms with E-state index in [-0.39, 0.29) is 27.4 Å². The first kappa shape index (κ1) is 20.7. The Morgan fingerprint density at radius 1 is 1.19 bits per heavy atom. The average Bonchev–Trinajstić information content (AvgIpc) is 2.57. The highest BCUT2D eigenvalue weighted by Crippen LogP contribution is 2.40. The Bertz CT molecular complexity index is 876. The zero-order valence-electron chi connectivity index (χ0n) is 14.5. The Hall–Kier alpha value is -2.64. The molecule has 2 aromatic carbocycles. The molecule has 0 saturated carbocycles. The fourth-order valence-corrected chi connectivity index (χ4v) is 2.90. The molecule has 0 atom stereocenters. The van der Waals surface area contributed by atoms with Crippen molar-refractivity contribution < 1.29 is 19.4 Å². The Morgan fingerprint density at radius 3 is 2.33 bits per heavy atom. The molecule has 1 amide bonds. The van der Waals surface area contributed by atoms with Crippen LogP contribution in [-0.4, -0.2) is 17.0 Å². The molecule has 2 aromatic rings. The number of anilines is 1. The smallest absolute Gasteiger partial charge is 0.312 e. The van der Waals surface area contributed by atoms with Crippen molar-refractivity contribution in [1.29, 1.82) is 0 Å². The molecule has 0 aliphatic carbocycles. The van der Waals surface area contributed by atoms with Gasteiger partial charge in [-0.15, -0.1) is 4.91 Å². The quantitative estimate of drug-likeness (QED) is 0.448. The minimum absolute atomic E-state index is 0.0546. The highest BCUT2D eigenvalue weighted by Gasteiger charge is 2.15. The number of carboxylic acid groups (broad SMARTS) is 1. The van der Waals surface area contributed by atoms with Gasteiger partial charge in [-0.2, -0.15) is 0 Å². The second-order valence-corrected chi connectivity index (χ2v) is 6.77. The van der Waals surface area contributed by atoms with Crippen LogP contribution >= 0.6 is 23.2 Å². The summed E-state index contributed by atoms with van der Waals surface area (Å²) in [6, 6.07) is 7.58. The normalized spacial score (nSPS) is 10.6. The van der Waals surface area contributed by atoms with Gasteiger partial charge in [0.25, 0.3) is 0 Å². The van der Waals surface area contributed by atoms with Crippen LogP contribution in [0, 0.1) is 4.91 Å². The third-order valence-corrected chi connectivity index (χ3v) is 4.09. The Kier molecular flexibility index (Phi) is 6.76. The van der Waals surface area contributed by atoms with Gasteiger partial charge in [-0.05, 0) is 47.0 Å². The molecule has 142 valence electrons. The van der Waals surface area contributed by atoms with Crippen molar-refractivity contribution in [2.24, 2.45) is 5.18 Å². The monoisotopic (exact) mass is 410 g/mol. The molecule has 2 rings (SSSR count). The van der Waals surface area contributed by atoms with Crippen LogP contribution in [0.5, 0.6) is 11.5 Å². The first-order valence-electron chi connectivity index (χ1n) is 7.87. The van der Waals surface area contributed by atoms with Gasteiger partial charge in [-0.3, -0.25) is 9.59 Å². The number of halogens is 2. The third kappa shape index (κ3) is 5.42. The van der Waals surface area contributed by atoms with E-state index in [1.54, 1.807) is 18.2 Å². The number of nitroso groups, excluding NO2 is 1. The van der Waals surface area contributed by atoms with Crippen LogP contribution in [0.15, 0.2) is 35.5 Å². The number of carbonyl (C=O) groups excluding carboxylic acids is 1. The Labute approximate surface area is 165 Å². The lowest BCUT2D eigenvalue weighted by Gasteiger charge is -2.14. The minimum Gasteiger partial charge on any atom is -0.481 e. The summed E-state index contributed by atoms with van der Waals surface area (Å²) in [6.45, 7) is 3.84. The summed E-state index contributed by atoms with van der Waals surface area (Å²) in [7, 11) is 0. The van der Waals surface area contributed by atoms with Gasteiger partial charge in [0.05, 0.1) is 10.0 Å². The molecule has 0 heterocycles. The van der Waals surface area contributed by atoms with E-state index in [1.807, 2.05) is 13.8 Å². The summed E-state index contributed by atoms with van der Waals surface area (Å²) >= 11 is 12.4. The van der Waals surface area contributed by atoms with Gasteiger partial charge in [0.2, 0.25) is 5.91 Å². The summed E-state index contributed by atoms with van der Waals surface area (Å²) < 4.78 is 5.74. The zero-order valence-corrected chi connectivity index (χ0v) is 16.0. The van der Waals surface area contributed by atoms with Gasteiger partial charge in [-0.1, -0.05) is 37.0 Å². The van der Waals surface area contributed by atoms with E-state index in [0.717, 1.165) is 0 Å². The highest BCUT2D eigenvalue weighted by atomic mass is 35.5. The number of hydrogen-bond donors (Lipinski definition) is 2. The van der Waals surface area contributed by atoms with Crippen LogP contribution in [-0.2, 0) is 9.59 Å². The highest BCUT2D eigenvalue weighted by molar-refractivity contribution is 6.37. The fourth-order valence-electron chi connectivity index (χ4n) is 2.33. The standard InChI is InChI=1S/C18H16Cl2N2O5/c1-9(2)12-7-11(3-4-15(12)22-26)27-18-13(19)5-10(6-14(18)20)21-16(23)8-17(24)25/h3-7,9H,8H2,1-2H3,(H,21,23)(H,24,25). The maximum atomic E-state index is 11.5. The predicted molar refractivity (Wildman–Crippen MR) is 103 cm³/mol. The minimum atomic E-state index is -1.25. The molecule has 0 bridgehead atoms. The fraction of sp³-hybridized carbons (Fsp3) is 0.222. The lowest BCUT2D eigenvalue weighted by atomic mass is 10.0. The number of hydrogen-bond acceptors (Lipinski definition) is 5. The van der Waals surface area contributed by atoms with Gasteiger partial charge in [0.15, 0.2) is 5.75 Å². The van der Waals surface area contributed by atoms with E-state index >= 15 is 0 Å². The van der Waals surface area contributed by atoms with Crippen molar-refractivity contribution >= 4 is 46.5 Å². The number of carbonyl (C=O) groups is 2. The molecular formula is C18H16Cl2N2O5. The number of nitrogens with zero attached hydrogens (tertiary/aromatic N) is 1. The molecule has 0 aliphatic rings. The number of amides is 1. The topological polar surface area (TPSA) is 105 Å². The molecule has 0 radical (unpaired) electrons. The molecule has 2 N–H and O–H groups in total. The van der Waals surface area contributed by atoms with Gasteiger partial charge in [0, 0.05) is 5.69 Å². The van der Waals surface area contributed by atoms with E-state index in [9.17, 15) is 14.5 Å². The molecule has 7 nitrogen and oxygen atoms in total. The van der Waals surface area contributed by atoms with Gasteiger partial charge < -0.3 is 15.2 Å². The van der Waals surface area contributed by atoms with Crippen LogP contribution in [0.4, 0.5) is 11.4 Å². The number of ether oxygens (including phenoxy) is 1. The molecular weight excluding hydrogens is 395 g/mol. The van der Waals surface area contributed by atoms with Gasteiger partial charge in [0.1, 0.15) is 17.9 Å². The van der Waals surface area contributed by atoms with Crippen molar-refractivity contribution in [3.05, 3.63) is 50.8 Å². The first-order valence-corrected chi connectivity index (χ1v) is 8.62. The number of aliphatic carboxylic acids is 1. The summed E-state index contributed by atoms with van der Waals surface area (Å²) in [5, 5.41) is 14.3. The second kappa shape index (κ2) is 8.83. The second-order valence-electron chi connectivity index (χ2n) is 5.96. The van der Waals surface area contributed by atoms with Gasteiger partial charge >= 0.3 is 5.97 Å². The lowest BCUT2D eigenvalue weighted by molar-refractivity contribution is -0.139. The zero-order chi connectivity index (χ0) is 20.1. The first-order chi connectivity index (χ1) is 12.7. The maximum Gasteiger partial charge on any atom is 0.312 e. The molecule has 0 aromatic heterocycles. The Balaban J connectivity index is 2.27.